The van der Waals surface area contributed by atoms with Crippen LogP contribution in [-0.2, 0) is 0 Å². The number of rotatable bonds is 2. The minimum absolute atomic E-state index is 0.346. The Morgan fingerprint density at radius 3 is 2.67 bits per heavy atom. The van der Waals surface area contributed by atoms with Crippen LogP contribution < -0.4 is 5.73 Å². The van der Waals surface area contributed by atoms with E-state index in [-0.39, 0.29) is 0 Å². The van der Waals surface area contributed by atoms with Crippen molar-refractivity contribution in [1.82, 2.24) is 9.97 Å². The molecule has 1 aromatic heterocycles. The van der Waals surface area contributed by atoms with E-state index < -0.39 is 0 Å². The maximum absolute atomic E-state index is 5.71. The van der Waals surface area contributed by atoms with Gasteiger partial charge in [0.25, 0.3) is 0 Å². The van der Waals surface area contributed by atoms with Gasteiger partial charge in [0.2, 0.25) is 5.95 Å². The van der Waals surface area contributed by atoms with Crippen LogP contribution in [0.15, 0.2) is 30.3 Å². The van der Waals surface area contributed by atoms with E-state index in [4.69, 9.17) is 5.73 Å². The van der Waals surface area contributed by atoms with Crippen molar-refractivity contribution in [1.29, 1.82) is 0 Å². The van der Waals surface area contributed by atoms with E-state index >= 15 is 0 Å². The molecule has 18 heavy (non-hydrogen) atoms. The molecule has 0 spiro atoms. The van der Waals surface area contributed by atoms with Crippen molar-refractivity contribution in [2.45, 2.75) is 32.1 Å². The van der Waals surface area contributed by atoms with Crippen molar-refractivity contribution >= 4 is 5.95 Å². The van der Waals surface area contributed by atoms with Gasteiger partial charge in [0.1, 0.15) is 0 Å². The lowest BCUT2D eigenvalue weighted by molar-refractivity contribution is 0.420. The van der Waals surface area contributed by atoms with Crippen LogP contribution in [0.25, 0.3) is 11.3 Å². The molecule has 2 N–H and O–H groups in total. The number of aromatic nitrogens is 2. The molecule has 3 rings (SSSR count). The molecule has 0 saturated heterocycles. The van der Waals surface area contributed by atoms with Gasteiger partial charge in [-0.1, -0.05) is 24.6 Å². The molecule has 0 atom stereocenters. The average Bonchev–Trinajstić information content (AvgIpc) is 2.26. The summed E-state index contributed by atoms with van der Waals surface area (Å²) in [6.07, 6.45) is 3.98. The Balaban J connectivity index is 2.00. The summed E-state index contributed by atoms with van der Waals surface area (Å²) in [6, 6.07) is 10.6. The van der Waals surface area contributed by atoms with E-state index in [0.717, 1.165) is 22.9 Å². The number of hydrogen-bond donors (Lipinski definition) is 1. The molecule has 0 bridgehead atoms. The molecule has 0 aliphatic heterocycles. The first-order chi connectivity index (χ1) is 8.72. The van der Waals surface area contributed by atoms with E-state index in [1.165, 1.54) is 24.8 Å². The first-order valence-electron chi connectivity index (χ1n) is 6.44. The maximum Gasteiger partial charge on any atom is 0.220 e. The van der Waals surface area contributed by atoms with Gasteiger partial charge in [-0.15, -0.1) is 0 Å². The summed E-state index contributed by atoms with van der Waals surface area (Å²) in [7, 11) is 0. The molecule has 0 amide bonds. The Morgan fingerprint density at radius 2 is 2.00 bits per heavy atom. The van der Waals surface area contributed by atoms with E-state index in [0.29, 0.717) is 5.95 Å². The third-order valence-corrected chi connectivity index (χ3v) is 3.63. The van der Waals surface area contributed by atoms with Crippen molar-refractivity contribution < 1.29 is 0 Å². The second-order valence-electron chi connectivity index (χ2n) is 5.01. The van der Waals surface area contributed by atoms with Crippen molar-refractivity contribution in [2.24, 2.45) is 0 Å². The molecule has 2 aromatic rings. The molecule has 3 nitrogen and oxygen atoms in total. The SMILES string of the molecule is Cc1cc(-c2cccc(C3CCC3)c2)nc(N)n1. The lowest BCUT2D eigenvalue weighted by atomic mass is 9.79. The van der Waals surface area contributed by atoms with Crippen molar-refractivity contribution in [3.63, 3.8) is 0 Å². The Labute approximate surface area is 107 Å². The lowest BCUT2D eigenvalue weighted by Crippen LogP contribution is -2.08. The molecule has 3 heteroatoms. The van der Waals surface area contributed by atoms with Gasteiger partial charge >= 0.3 is 0 Å². The second-order valence-corrected chi connectivity index (χ2v) is 5.01. The number of nitrogens with two attached hydrogens (primary N) is 1. The molecule has 1 heterocycles. The van der Waals surface area contributed by atoms with Gasteiger partial charge in [0.15, 0.2) is 0 Å². The molecule has 0 unspecified atom stereocenters. The van der Waals surface area contributed by atoms with Crippen LogP contribution in [0, 0.1) is 6.92 Å². The Morgan fingerprint density at radius 1 is 1.17 bits per heavy atom. The molecular weight excluding hydrogens is 222 g/mol. The first kappa shape index (κ1) is 11.2. The van der Waals surface area contributed by atoms with Crippen LogP contribution >= 0.6 is 0 Å². The quantitative estimate of drug-likeness (QED) is 0.874. The van der Waals surface area contributed by atoms with Gasteiger partial charge < -0.3 is 5.73 Å². The minimum atomic E-state index is 0.346. The van der Waals surface area contributed by atoms with Gasteiger partial charge in [0, 0.05) is 11.3 Å². The minimum Gasteiger partial charge on any atom is -0.368 e. The molecule has 92 valence electrons. The van der Waals surface area contributed by atoms with Crippen molar-refractivity contribution in [2.75, 3.05) is 5.73 Å². The topological polar surface area (TPSA) is 51.8 Å². The Hall–Kier alpha value is -1.90. The summed E-state index contributed by atoms with van der Waals surface area (Å²) >= 11 is 0. The summed E-state index contributed by atoms with van der Waals surface area (Å²) < 4.78 is 0. The van der Waals surface area contributed by atoms with Gasteiger partial charge in [-0.05, 0) is 43.4 Å². The van der Waals surface area contributed by atoms with Crippen molar-refractivity contribution in [3.8, 4) is 11.3 Å². The third-order valence-electron chi connectivity index (χ3n) is 3.63. The zero-order chi connectivity index (χ0) is 12.5. The van der Waals surface area contributed by atoms with Gasteiger partial charge in [0.05, 0.1) is 5.69 Å². The molecule has 1 aliphatic carbocycles. The Bertz CT molecular complexity index is 553. The Kier molecular flexibility index (Phi) is 2.74. The molecule has 0 radical (unpaired) electrons. The van der Waals surface area contributed by atoms with Crippen LogP contribution in [0.5, 0.6) is 0 Å². The molecule has 1 fully saturated rings. The maximum atomic E-state index is 5.71. The summed E-state index contributed by atoms with van der Waals surface area (Å²) in [6.45, 7) is 1.94. The predicted octanol–water partition coefficient (Wildman–Crippen LogP) is 3.30. The molecule has 1 aliphatic rings. The first-order valence-corrected chi connectivity index (χ1v) is 6.44. The van der Waals surface area contributed by atoms with Crippen LogP contribution in [0.1, 0.15) is 36.4 Å². The number of benzene rings is 1. The fourth-order valence-corrected chi connectivity index (χ4v) is 2.43. The zero-order valence-corrected chi connectivity index (χ0v) is 10.6. The molecule has 1 aromatic carbocycles. The fourth-order valence-electron chi connectivity index (χ4n) is 2.43. The van der Waals surface area contributed by atoms with Crippen LogP contribution in [-0.4, -0.2) is 9.97 Å². The van der Waals surface area contributed by atoms with E-state index in [1.54, 1.807) is 0 Å². The highest BCUT2D eigenvalue weighted by Crippen LogP contribution is 2.37. The van der Waals surface area contributed by atoms with Gasteiger partial charge in [-0.3, -0.25) is 0 Å². The second kappa shape index (κ2) is 4.41. The number of aryl methyl sites for hydroxylation is 1. The smallest absolute Gasteiger partial charge is 0.220 e. The summed E-state index contributed by atoms with van der Waals surface area (Å²) in [5.74, 6) is 1.09. The van der Waals surface area contributed by atoms with Gasteiger partial charge in [-0.25, -0.2) is 9.97 Å². The monoisotopic (exact) mass is 239 g/mol. The largest absolute Gasteiger partial charge is 0.368 e. The average molecular weight is 239 g/mol. The number of nitrogen functional groups attached to an aromatic ring is 1. The number of nitrogens with zero attached hydrogens (tertiary/aromatic N) is 2. The summed E-state index contributed by atoms with van der Waals surface area (Å²) in [5.41, 5.74) is 10.1. The highest BCUT2D eigenvalue weighted by Gasteiger charge is 2.19. The number of anilines is 1. The fraction of sp³-hybridized carbons (Fsp3) is 0.333. The highest BCUT2D eigenvalue weighted by molar-refractivity contribution is 5.61. The van der Waals surface area contributed by atoms with E-state index in [9.17, 15) is 0 Å². The van der Waals surface area contributed by atoms with Crippen LogP contribution in [0.3, 0.4) is 0 Å². The number of hydrogen-bond acceptors (Lipinski definition) is 3. The lowest BCUT2D eigenvalue weighted by Gasteiger charge is -2.26. The predicted molar refractivity (Wildman–Crippen MR) is 73.2 cm³/mol. The standard InChI is InChI=1S/C15H17N3/c1-10-8-14(18-15(16)17-10)13-7-3-6-12(9-13)11-4-2-5-11/h3,6-9,11H,2,4-5H2,1H3,(H2,16,17,18). The normalized spacial score (nSPS) is 15.4. The van der Waals surface area contributed by atoms with E-state index in [1.807, 2.05) is 13.0 Å². The van der Waals surface area contributed by atoms with Crippen LogP contribution in [0.2, 0.25) is 0 Å². The summed E-state index contributed by atoms with van der Waals surface area (Å²) in [5, 5.41) is 0. The van der Waals surface area contributed by atoms with Crippen molar-refractivity contribution in [3.05, 3.63) is 41.6 Å². The van der Waals surface area contributed by atoms with Crippen LogP contribution in [0.4, 0.5) is 5.95 Å². The molecule has 1 saturated carbocycles. The van der Waals surface area contributed by atoms with Gasteiger partial charge in [-0.2, -0.15) is 0 Å². The molecular formula is C15H17N3. The zero-order valence-electron chi connectivity index (χ0n) is 10.6. The highest BCUT2D eigenvalue weighted by atomic mass is 15.0. The van der Waals surface area contributed by atoms with E-state index in [2.05, 4.69) is 34.2 Å². The third kappa shape index (κ3) is 2.08. The summed E-state index contributed by atoms with van der Waals surface area (Å²) in [4.78, 5) is 8.43.